The van der Waals surface area contributed by atoms with E-state index >= 15 is 0 Å². The Morgan fingerprint density at radius 2 is 0.562 bits per heavy atom. The number of unbranched alkanes of at least 4 members (excludes halogenated alkanes) is 3. The van der Waals surface area contributed by atoms with E-state index in [4.69, 9.17) is 12.8 Å². The van der Waals surface area contributed by atoms with E-state index in [9.17, 15) is 47.9 Å². The van der Waals surface area contributed by atoms with E-state index in [-0.39, 0.29) is 126 Å². The first-order chi connectivity index (χ1) is 70.8. The van der Waals surface area contributed by atoms with Crippen molar-refractivity contribution in [1.82, 2.24) is 51.1 Å². The van der Waals surface area contributed by atoms with Crippen LogP contribution >= 0.6 is 113 Å². The average Bonchev–Trinajstić information content (AvgIpc) is 0.776. The van der Waals surface area contributed by atoms with E-state index in [1.807, 2.05) is 198 Å². The summed E-state index contributed by atoms with van der Waals surface area (Å²) in [5, 5.41) is 15.5. The van der Waals surface area contributed by atoms with Crippen LogP contribution in [0.3, 0.4) is 0 Å². The van der Waals surface area contributed by atoms with E-state index < -0.39 is 18.1 Å². The number of halogens is 5. The lowest BCUT2D eigenvalue weighted by atomic mass is 9.81. The molecule has 5 unspecified atom stereocenters. The molecule has 6 saturated carbocycles. The van der Waals surface area contributed by atoms with Gasteiger partial charge in [-0.15, -0.1) is 12.8 Å². The highest BCUT2D eigenvalue weighted by molar-refractivity contribution is 14.1. The Balaban J connectivity index is 0.000000204. The molecule has 0 heterocycles. The molecular formula is C121H161I5N10O10. The lowest BCUT2D eigenvalue weighted by Crippen LogP contribution is -2.57. The molecule has 790 valence electrons. The second kappa shape index (κ2) is 67.3. The van der Waals surface area contributed by atoms with Crippen molar-refractivity contribution in [3.8, 4) is 24.7 Å². The first-order valence-electron chi connectivity index (χ1n) is 54.4. The normalized spacial score (nSPS) is 16.3. The average molecular weight is 2550 g/mol. The van der Waals surface area contributed by atoms with Crippen molar-refractivity contribution >= 4 is 172 Å². The largest absolute Gasteiger partial charge is 0.354 e. The second-order valence-corrected chi connectivity index (χ2v) is 46.5. The van der Waals surface area contributed by atoms with Crippen molar-refractivity contribution in [1.29, 1.82) is 0 Å². The summed E-state index contributed by atoms with van der Waals surface area (Å²) >= 11 is 11.0. The Kier molecular flexibility index (Phi) is 56.0. The van der Waals surface area contributed by atoms with Crippen LogP contribution in [0.2, 0.25) is 0 Å². The highest BCUT2D eigenvalue weighted by Crippen LogP contribution is 2.40. The predicted molar refractivity (Wildman–Crippen MR) is 633 cm³/mol. The Morgan fingerprint density at radius 3 is 0.863 bits per heavy atom. The van der Waals surface area contributed by atoms with Crippen LogP contribution < -0.4 is 26.6 Å². The molecule has 0 radical (unpaired) electrons. The molecule has 6 fully saturated rings. The highest BCUT2D eigenvalue weighted by Gasteiger charge is 2.46. The van der Waals surface area contributed by atoms with Gasteiger partial charge in [0, 0.05) is 69.2 Å². The number of terminal acetylenes is 2. The molecule has 6 aliphatic carbocycles. The maximum atomic E-state index is 14.1. The Labute approximate surface area is 941 Å². The van der Waals surface area contributed by atoms with Crippen molar-refractivity contribution in [3.05, 3.63) is 239 Å². The van der Waals surface area contributed by atoms with Crippen LogP contribution in [0.4, 0.5) is 0 Å². The fourth-order valence-corrected chi connectivity index (χ4v) is 24.6. The van der Waals surface area contributed by atoms with Gasteiger partial charge in [-0.2, -0.15) is 0 Å². The Hall–Kier alpha value is -7.99. The summed E-state index contributed by atoms with van der Waals surface area (Å²) in [4.78, 5) is 144. The summed E-state index contributed by atoms with van der Waals surface area (Å²) in [5.41, 5.74) is 5.43. The number of rotatable bonds is 40. The van der Waals surface area contributed by atoms with Gasteiger partial charge in [0.05, 0.1) is 40.9 Å². The van der Waals surface area contributed by atoms with E-state index in [0.29, 0.717) is 67.4 Å². The zero-order valence-electron chi connectivity index (χ0n) is 87.5. The van der Waals surface area contributed by atoms with Crippen LogP contribution in [0.15, 0.2) is 182 Å². The monoisotopic (exact) mass is 2550 g/mol. The zero-order chi connectivity index (χ0) is 105. The van der Waals surface area contributed by atoms with Gasteiger partial charge < -0.3 is 51.1 Å². The summed E-state index contributed by atoms with van der Waals surface area (Å²) in [7, 11) is 0. The Morgan fingerprint density at radius 1 is 0.308 bits per heavy atom. The number of hydrogen-bond donors (Lipinski definition) is 5. The number of amides is 10. The quantitative estimate of drug-likeness (QED) is 0.0138. The predicted octanol–water partition coefficient (Wildman–Crippen LogP) is 25.8. The van der Waals surface area contributed by atoms with Crippen molar-refractivity contribution in [2.45, 2.75) is 341 Å². The number of carbonyl (C=O) groups is 10. The molecule has 6 aliphatic rings. The molecule has 0 bridgehead atoms. The standard InChI is InChI=1S/C28H35IN2O2.C25H27IN2O2.C24H37IN2O2.C22H33IN2O2.C22H29IN2O2/c29-25-19-11-10-18-24(25)28(33)31(23-16-8-3-9-17-23)26(22-14-6-2-7-15-22)27(32)30-20-21-12-4-1-5-13-21;1-2-17-28(25(30)21-15-9-10-16-22(21)26)23(20-13-7-4-8-14-20)24(29)27-18-19-11-5-3-6-12-19;1-4-5-16-26-23(28)22(19-11-7-6-8-12-19)27(17-15-18(2)3)24(29)20-13-9-10-14-21(20)25;1-4-5-15-24-21(26)20(17-11-7-6-8-12-17)25(16(2)3)22(27)18-13-9-10-14-19(18)23;1-3-5-15-24-21(26)20(17-11-7-6-8-12-17)25(16-4-2)22(27)18-13-9-10-14-19(18)23/h1,4-5,10-13,18-19,22-23,26H,2-3,6-9,14-17,20H2,(H,30,32);1,3,5-6,9-12,15-16,20,23H,4,7-8,13-14,17-18H2,(H,27,29);9-10,13-14,18-19,22H,4-8,11-12,15-17H2,1-3H3,(H,26,28);9-10,13-14,16-17,20H,4-8,11-12,15H2,1-3H3,(H,24,26);2,9-10,13-14,17,20H,3,5-8,11-12,15-16H2,1H3,(H,24,26). The van der Waals surface area contributed by atoms with E-state index in [1.54, 1.807) is 21.9 Å². The fraction of sp³-hybridized carbons (Fsp3) is 0.537. The van der Waals surface area contributed by atoms with Crippen LogP contribution in [0, 0.1) is 78.0 Å². The number of hydrogen-bond acceptors (Lipinski definition) is 10. The number of benzene rings is 7. The third-order valence-corrected chi connectivity index (χ3v) is 34.0. The van der Waals surface area contributed by atoms with Crippen LogP contribution in [-0.2, 0) is 37.1 Å². The van der Waals surface area contributed by atoms with Gasteiger partial charge in [0.1, 0.15) is 30.2 Å². The molecule has 5 atom stereocenters. The van der Waals surface area contributed by atoms with Gasteiger partial charge in [-0.1, -0.05) is 303 Å². The second-order valence-electron chi connectivity index (χ2n) is 40.7. The molecule has 7 aromatic rings. The lowest BCUT2D eigenvalue weighted by Gasteiger charge is -2.43. The summed E-state index contributed by atoms with van der Waals surface area (Å²) in [6.45, 7) is 18.5. The fourth-order valence-electron chi connectivity index (χ4n) is 21.5. The minimum Gasteiger partial charge on any atom is -0.354 e. The topological polar surface area (TPSA) is 247 Å². The summed E-state index contributed by atoms with van der Waals surface area (Å²) in [5.74, 6) is 6.23. The van der Waals surface area contributed by atoms with Crippen molar-refractivity contribution in [3.63, 3.8) is 0 Å². The molecule has 20 nitrogen and oxygen atoms in total. The van der Waals surface area contributed by atoms with Gasteiger partial charge in [0.15, 0.2) is 0 Å². The van der Waals surface area contributed by atoms with Gasteiger partial charge in [0.2, 0.25) is 29.5 Å². The first kappa shape index (κ1) is 122. The molecule has 146 heavy (non-hydrogen) atoms. The minimum atomic E-state index is -0.562. The van der Waals surface area contributed by atoms with Gasteiger partial charge in [-0.05, 0) is 337 Å². The lowest BCUT2D eigenvalue weighted by molar-refractivity contribution is -0.130. The Bertz CT molecular complexity index is 5270. The SMILES string of the molecule is C#CCN(C(=O)c1ccccc1I)C(C(=O)NCCCC)C1CCCCC1.C#CCN(C(=O)c1ccccc1I)C(C(=O)NCc1ccccc1)C1CCCCC1.CCCCNC(=O)C(C1CCCCC1)N(C(=O)c1ccccc1I)C(C)C.CCCCNC(=O)C(C1CCCCC1)N(CCC(C)C)C(=O)c1ccccc1I.O=C(NCc1ccccc1)C(C1CCCCC1)N(C(=O)c1ccccc1I)C1CCCCC1. The van der Waals surface area contributed by atoms with Gasteiger partial charge in [-0.25, -0.2) is 0 Å². The molecule has 7 aromatic carbocycles. The van der Waals surface area contributed by atoms with E-state index in [2.05, 4.69) is 186 Å². The summed E-state index contributed by atoms with van der Waals surface area (Å²) < 4.78 is 4.55. The number of nitrogens with zero attached hydrogens (tertiary/aromatic N) is 5. The van der Waals surface area contributed by atoms with Crippen molar-refractivity contribution in [2.24, 2.45) is 35.5 Å². The van der Waals surface area contributed by atoms with Gasteiger partial charge in [-0.3, -0.25) is 47.9 Å². The van der Waals surface area contributed by atoms with E-state index in [0.717, 1.165) is 234 Å². The number of nitrogens with one attached hydrogen (secondary N) is 5. The molecule has 13 rings (SSSR count). The summed E-state index contributed by atoms with van der Waals surface area (Å²) in [6.07, 6.45) is 50.8. The molecule has 0 aromatic heterocycles. The molecule has 0 spiro atoms. The van der Waals surface area contributed by atoms with Gasteiger partial charge >= 0.3 is 0 Å². The maximum Gasteiger partial charge on any atom is 0.256 e. The molecule has 25 heteroatoms. The summed E-state index contributed by atoms with van der Waals surface area (Å²) in [6, 6.07) is 55.8. The van der Waals surface area contributed by atoms with Crippen molar-refractivity contribution in [2.75, 3.05) is 39.3 Å². The molecule has 0 saturated heterocycles. The van der Waals surface area contributed by atoms with E-state index in [1.165, 1.54) is 38.5 Å². The van der Waals surface area contributed by atoms with Crippen LogP contribution in [0.1, 0.15) is 349 Å². The third kappa shape index (κ3) is 38.1. The number of carbonyl (C=O) groups excluding carboxylic acids is 10. The minimum absolute atomic E-state index is 0.00290. The van der Waals surface area contributed by atoms with Crippen LogP contribution in [-0.4, -0.2) is 165 Å². The van der Waals surface area contributed by atoms with Crippen molar-refractivity contribution < 1.29 is 47.9 Å². The molecular weight excluding hydrogens is 2390 g/mol. The molecule has 10 amide bonds. The smallest absolute Gasteiger partial charge is 0.256 e. The molecule has 5 N–H and O–H groups in total. The zero-order valence-corrected chi connectivity index (χ0v) is 98.3. The van der Waals surface area contributed by atoms with Gasteiger partial charge in [0.25, 0.3) is 29.5 Å². The highest BCUT2D eigenvalue weighted by atomic mass is 127. The first-order valence-corrected chi connectivity index (χ1v) is 59.8. The van der Waals surface area contributed by atoms with Crippen LogP contribution in [0.5, 0.6) is 0 Å². The maximum absolute atomic E-state index is 14.1. The molecule has 0 aliphatic heterocycles. The van der Waals surface area contributed by atoms with Crippen LogP contribution in [0.25, 0.3) is 0 Å². The third-order valence-electron chi connectivity index (χ3n) is 29.3.